The van der Waals surface area contributed by atoms with E-state index in [2.05, 4.69) is 38.5 Å². The van der Waals surface area contributed by atoms with Crippen molar-refractivity contribution in [3.8, 4) is 0 Å². The molecule has 3 heteroatoms. The average molecular weight is 559 g/mol. The first-order valence-electron chi connectivity index (χ1n) is 16.3. The van der Waals surface area contributed by atoms with E-state index in [4.69, 9.17) is 0 Å². The molecule has 0 saturated heterocycles. The highest BCUT2D eigenvalue weighted by atomic mass is 32.1. The van der Waals surface area contributed by atoms with E-state index < -0.39 is 0 Å². The topological polar surface area (TPSA) is 17.1 Å². The molecule has 1 nitrogen and oxygen atoms in total. The lowest BCUT2D eigenvalue weighted by molar-refractivity contribution is -0.117. The molecule has 0 saturated carbocycles. The van der Waals surface area contributed by atoms with E-state index in [0.717, 1.165) is 0 Å². The number of hydrogen-bond acceptors (Lipinski definition) is 3. The second kappa shape index (κ2) is 20.9. The monoisotopic (exact) mass is 558 g/mol. The molecular weight excluding hydrogens is 501 g/mol. The van der Waals surface area contributed by atoms with E-state index in [-0.39, 0.29) is 0 Å². The Hall–Kier alpha value is -0.930. The van der Waals surface area contributed by atoms with Crippen molar-refractivity contribution in [3.63, 3.8) is 0 Å². The van der Waals surface area contributed by atoms with Crippen LogP contribution in [0.5, 0.6) is 0 Å². The van der Waals surface area contributed by atoms with E-state index in [1.807, 2.05) is 22.7 Å². The highest BCUT2D eigenvalue weighted by molar-refractivity contribution is 7.10. The quantitative estimate of drug-likeness (QED) is 0.117. The highest BCUT2D eigenvalue weighted by Gasteiger charge is 2.18. The van der Waals surface area contributed by atoms with Crippen LogP contribution in [0.2, 0.25) is 0 Å². The number of thiophene rings is 2. The molecule has 0 aliphatic rings. The Morgan fingerprint density at radius 3 is 1.18 bits per heavy atom. The van der Waals surface area contributed by atoms with Gasteiger partial charge in [-0.15, -0.1) is 22.7 Å². The van der Waals surface area contributed by atoms with Gasteiger partial charge in [-0.2, -0.15) is 0 Å². The van der Waals surface area contributed by atoms with E-state index in [0.29, 0.717) is 18.6 Å². The molecule has 0 N–H and O–H groups in total. The van der Waals surface area contributed by atoms with Crippen LogP contribution in [-0.2, 0) is 43.3 Å². The summed E-state index contributed by atoms with van der Waals surface area (Å²) in [5.41, 5.74) is 6.18. The van der Waals surface area contributed by atoms with E-state index in [9.17, 15) is 4.79 Å². The van der Waals surface area contributed by atoms with Crippen molar-refractivity contribution >= 4 is 28.5 Å². The first kappa shape index (κ1) is 33.3. The Bertz CT molecular complexity index is 804. The van der Waals surface area contributed by atoms with Crippen LogP contribution in [-0.4, -0.2) is 5.78 Å². The van der Waals surface area contributed by atoms with Gasteiger partial charge in [0.2, 0.25) is 0 Å². The predicted molar refractivity (Wildman–Crippen MR) is 172 cm³/mol. The summed E-state index contributed by atoms with van der Waals surface area (Å²) in [6.45, 7) is 9.14. The van der Waals surface area contributed by atoms with Gasteiger partial charge in [-0.3, -0.25) is 4.79 Å². The number of hydrogen-bond donors (Lipinski definition) is 0. The first-order chi connectivity index (χ1) is 18.6. The molecule has 0 aliphatic carbocycles. The van der Waals surface area contributed by atoms with Crippen molar-refractivity contribution in [2.24, 2.45) is 0 Å². The minimum absolute atomic E-state index is 0.424. The maximum atomic E-state index is 13.5. The summed E-state index contributed by atoms with van der Waals surface area (Å²) in [7, 11) is 0. The number of rotatable bonds is 24. The van der Waals surface area contributed by atoms with Crippen molar-refractivity contribution in [1.82, 2.24) is 0 Å². The van der Waals surface area contributed by atoms with Crippen LogP contribution in [0.1, 0.15) is 162 Å². The SMILES string of the molecule is CCCCCCc1csc(CC(=O)Cc2scc(CCCCCC)c2CCCCCC)c1CCCCCC. The van der Waals surface area contributed by atoms with Gasteiger partial charge in [-0.05, 0) is 84.4 Å². The highest BCUT2D eigenvalue weighted by Crippen LogP contribution is 2.30. The zero-order chi connectivity index (χ0) is 27.4. The van der Waals surface area contributed by atoms with Gasteiger partial charge in [0.25, 0.3) is 0 Å². The maximum absolute atomic E-state index is 13.5. The van der Waals surface area contributed by atoms with Gasteiger partial charge < -0.3 is 0 Å². The Morgan fingerprint density at radius 1 is 0.500 bits per heavy atom. The number of aryl methyl sites for hydroxylation is 2. The van der Waals surface area contributed by atoms with Crippen molar-refractivity contribution in [2.75, 3.05) is 0 Å². The van der Waals surface area contributed by atoms with Gasteiger partial charge in [-0.1, -0.05) is 105 Å². The Balaban J connectivity index is 2.08. The minimum atomic E-state index is 0.424. The summed E-state index contributed by atoms with van der Waals surface area (Å²) in [6, 6.07) is 0. The zero-order valence-electron chi connectivity index (χ0n) is 25.4. The Kier molecular flexibility index (Phi) is 18.3. The lowest BCUT2D eigenvalue weighted by Gasteiger charge is -2.10. The molecular formula is C35H58OS2. The lowest BCUT2D eigenvalue weighted by Crippen LogP contribution is -2.08. The molecule has 2 rings (SSSR count). The molecule has 216 valence electrons. The zero-order valence-corrected chi connectivity index (χ0v) is 27.1. The van der Waals surface area contributed by atoms with Gasteiger partial charge in [-0.25, -0.2) is 0 Å². The minimum Gasteiger partial charge on any atom is -0.299 e. The number of unbranched alkanes of at least 4 members (excludes halogenated alkanes) is 12. The number of carbonyl (C=O) groups excluding carboxylic acids is 1. The Morgan fingerprint density at radius 2 is 0.842 bits per heavy atom. The third-order valence-electron chi connectivity index (χ3n) is 8.01. The summed E-state index contributed by atoms with van der Waals surface area (Å²) < 4.78 is 0. The van der Waals surface area contributed by atoms with Crippen LogP contribution in [0.3, 0.4) is 0 Å². The molecule has 38 heavy (non-hydrogen) atoms. The standard InChI is InChI=1S/C35H58OS2/c1-5-9-13-17-21-29-27-37-34(32(29)23-19-15-11-7-3)25-31(36)26-35-33(24-20-16-12-8-4)30(28-38-35)22-18-14-10-6-2/h27-28H,5-26H2,1-4H3. The molecule has 0 bridgehead atoms. The third-order valence-corrected chi connectivity index (χ3v) is 10.2. The molecule has 2 heterocycles. The fraction of sp³-hybridized carbons (Fsp3) is 0.743. The van der Waals surface area contributed by atoms with E-state index >= 15 is 0 Å². The predicted octanol–water partition coefficient (Wildman–Crippen LogP) is 11.7. The summed E-state index contributed by atoms with van der Waals surface area (Å²) in [5, 5.41) is 4.78. The number of carbonyl (C=O) groups is 1. The molecule has 2 aromatic rings. The summed E-state index contributed by atoms with van der Waals surface area (Å²) >= 11 is 3.74. The smallest absolute Gasteiger partial charge is 0.143 e. The lowest BCUT2D eigenvalue weighted by atomic mass is 9.95. The molecule has 0 atom stereocenters. The van der Waals surface area contributed by atoms with E-state index in [1.165, 1.54) is 138 Å². The molecule has 0 aliphatic heterocycles. The fourth-order valence-electron chi connectivity index (χ4n) is 5.61. The molecule has 0 radical (unpaired) electrons. The first-order valence-corrected chi connectivity index (χ1v) is 18.1. The fourth-order valence-corrected chi connectivity index (χ4v) is 7.93. The third kappa shape index (κ3) is 12.5. The van der Waals surface area contributed by atoms with E-state index in [1.54, 1.807) is 22.3 Å². The van der Waals surface area contributed by atoms with Crippen molar-refractivity contribution < 1.29 is 4.79 Å². The van der Waals surface area contributed by atoms with Crippen LogP contribution in [0.15, 0.2) is 10.8 Å². The van der Waals surface area contributed by atoms with Crippen molar-refractivity contribution in [3.05, 3.63) is 42.8 Å². The summed E-state index contributed by atoms with van der Waals surface area (Å²) in [4.78, 5) is 16.2. The van der Waals surface area contributed by atoms with Gasteiger partial charge in [0.15, 0.2) is 0 Å². The van der Waals surface area contributed by atoms with Crippen LogP contribution < -0.4 is 0 Å². The molecule has 0 fully saturated rings. The van der Waals surface area contributed by atoms with Crippen LogP contribution in [0.4, 0.5) is 0 Å². The average Bonchev–Trinajstić information content (AvgIpc) is 3.47. The summed E-state index contributed by atoms with van der Waals surface area (Å²) in [6.07, 6.45) is 26.9. The second-order valence-corrected chi connectivity index (χ2v) is 13.4. The van der Waals surface area contributed by atoms with Crippen LogP contribution in [0.25, 0.3) is 0 Å². The van der Waals surface area contributed by atoms with Gasteiger partial charge in [0, 0.05) is 22.6 Å². The van der Waals surface area contributed by atoms with Gasteiger partial charge >= 0.3 is 0 Å². The van der Waals surface area contributed by atoms with Crippen LogP contribution >= 0.6 is 22.7 Å². The number of Topliss-reactive ketones (excluding diaryl/α,β-unsaturated/α-hetero) is 1. The largest absolute Gasteiger partial charge is 0.299 e. The molecule has 0 unspecified atom stereocenters. The van der Waals surface area contributed by atoms with Gasteiger partial charge in [0.1, 0.15) is 5.78 Å². The van der Waals surface area contributed by atoms with Crippen molar-refractivity contribution in [2.45, 2.75) is 169 Å². The Labute approximate surface area is 244 Å². The van der Waals surface area contributed by atoms with Crippen molar-refractivity contribution in [1.29, 1.82) is 0 Å². The number of ketones is 1. The van der Waals surface area contributed by atoms with Crippen LogP contribution in [0, 0.1) is 0 Å². The maximum Gasteiger partial charge on any atom is 0.143 e. The molecule has 0 spiro atoms. The second-order valence-electron chi connectivity index (χ2n) is 11.5. The van der Waals surface area contributed by atoms with Gasteiger partial charge in [0.05, 0.1) is 0 Å². The normalized spacial score (nSPS) is 11.5. The summed E-state index contributed by atoms with van der Waals surface area (Å²) in [5.74, 6) is 0.424. The molecule has 2 aromatic heterocycles. The molecule has 0 aromatic carbocycles. The molecule has 0 amide bonds.